The third-order valence-electron chi connectivity index (χ3n) is 0.631. The molecule has 0 saturated carbocycles. The maximum atomic E-state index is 12.4. The van der Waals surface area contributed by atoms with Crippen LogP contribution in [0, 0.1) is 0 Å². The van der Waals surface area contributed by atoms with Crippen LogP contribution in [0.3, 0.4) is 0 Å². The first-order valence-corrected chi connectivity index (χ1v) is 4.96. The molecule has 0 aliphatic rings. The maximum Gasteiger partial charge on any atom is 0.428 e. The van der Waals surface area contributed by atoms with Gasteiger partial charge in [-0.1, -0.05) is 3.89 Å². The Labute approximate surface area is 64.0 Å². The van der Waals surface area contributed by atoms with Gasteiger partial charge in [-0.25, -0.2) is 0 Å². The van der Waals surface area contributed by atoms with Gasteiger partial charge < -0.3 is 0 Å². The Bertz CT molecular complexity index is 338. The molecule has 0 amide bonds. The molecule has 11 heavy (non-hydrogen) atoms. The lowest BCUT2D eigenvalue weighted by Crippen LogP contribution is -2.17. The first kappa shape index (κ1) is 10.7. The molecular weight excluding hydrogens is 202 g/mol. The van der Waals surface area contributed by atoms with Crippen molar-refractivity contribution < 1.29 is 20.4 Å². The van der Waals surface area contributed by atoms with Crippen LogP contribution in [0.25, 0.3) is 0 Å². The van der Waals surface area contributed by atoms with Crippen LogP contribution in [0.5, 0.6) is 0 Å². The molecule has 0 fully saturated rings. The third kappa shape index (κ3) is 4.22. The Balaban J connectivity index is 5.18. The van der Waals surface area contributed by atoms with Crippen LogP contribution >= 0.6 is 0 Å². The highest BCUT2D eigenvalue weighted by Gasteiger charge is 2.15. The van der Waals surface area contributed by atoms with Crippen LogP contribution in [0.4, 0.5) is 7.77 Å². The van der Waals surface area contributed by atoms with E-state index in [1.54, 1.807) is 0 Å². The van der Waals surface area contributed by atoms with Crippen molar-refractivity contribution in [2.24, 2.45) is 3.77 Å². The second-order valence-corrected chi connectivity index (χ2v) is 4.74. The molecule has 0 rings (SSSR count). The first-order valence-electron chi connectivity index (χ1n) is 2.25. The molecule has 0 aromatic carbocycles. The zero-order chi connectivity index (χ0) is 9.28. The lowest BCUT2D eigenvalue weighted by atomic mass is 11.3. The fourth-order valence-electron chi connectivity index (χ4n) is 0.176. The fraction of sp³-hybridized carbons (Fsp3) is 1.00. The van der Waals surface area contributed by atoms with Crippen LogP contribution < -0.4 is 0 Å². The van der Waals surface area contributed by atoms with E-state index in [1.165, 1.54) is 0 Å². The van der Waals surface area contributed by atoms with Crippen LogP contribution in [0.1, 0.15) is 0 Å². The van der Waals surface area contributed by atoms with E-state index >= 15 is 0 Å². The van der Waals surface area contributed by atoms with Crippen molar-refractivity contribution >= 4 is 20.7 Å². The Morgan fingerprint density at radius 2 is 1.55 bits per heavy atom. The largest absolute Gasteiger partial charge is 0.428 e. The van der Waals surface area contributed by atoms with Gasteiger partial charge in [0.15, 0.2) is 0 Å². The molecule has 68 valence electrons. The lowest BCUT2D eigenvalue weighted by molar-refractivity contribution is 0.536. The van der Waals surface area contributed by atoms with Crippen LogP contribution in [0.15, 0.2) is 3.77 Å². The van der Waals surface area contributed by atoms with Gasteiger partial charge in [-0.05, 0) is 3.77 Å². The Kier molecular flexibility index (Phi) is 2.91. The Hall–Kier alpha value is -0.280. The van der Waals surface area contributed by atoms with Crippen molar-refractivity contribution in [3.8, 4) is 0 Å². The third-order valence-corrected chi connectivity index (χ3v) is 2.98. The van der Waals surface area contributed by atoms with Gasteiger partial charge in [-0.3, -0.25) is 0 Å². The van der Waals surface area contributed by atoms with E-state index < -0.39 is 20.7 Å². The highest BCUT2D eigenvalue weighted by molar-refractivity contribution is 7.97. The molecule has 0 aromatic heterocycles. The summed E-state index contributed by atoms with van der Waals surface area (Å²) in [5, 5.41) is 0. The summed E-state index contributed by atoms with van der Waals surface area (Å²) in [7, 11) is -8.07. The van der Waals surface area contributed by atoms with E-state index in [0.29, 0.717) is 4.31 Å². The van der Waals surface area contributed by atoms with E-state index in [-0.39, 0.29) is 0 Å². The summed E-state index contributed by atoms with van der Waals surface area (Å²) in [6, 6.07) is 0. The molecule has 1 unspecified atom stereocenters. The van der Waals surface area contributed by atoms with E-state index in [2.05, 4.69) is 0 Å². The van der Waals surface area contributed by atoms with Gasteiger partial charge in [0, 0.05) is 14.1 Å². The molecule has 0 bridgehead atoms. The van der Waals surface area contributed by atoms with Gasteiger partial charge >= 0.3 is 10.4 Å². The normalized spacial score (nSPS) is 17.9. The van der Waals surface area contributed by atoms with Gasteiger partial charge in [0.1, 0.15) is 0 Å². The van der Waals surface area contributed by atoms with Crippen molar-refractivity contribution in [3.63, 3.8) is 0 Å². The average molecular weight is 208 g/mol. The smallest absolute Gasteiger partial charge is 0.198 e. The van der Waals surface area contributed by atoms with Gasteiger partial charge in [0.25, 0.3) is 10.3 Å². The van der Waals surface area contributed by atoms with Crippen molar-refractivity contribution in [3.05, 3.63) is 0 Å². The molecule has 0 aliphatic heterocycles. The summed E-state index contributed by atoms with van der Waals surface area (Å²) < 4.78 is 55.9. The van der Waals surface area contributed by atoms with Crippen molar-refractivity contribution in [1.82, 2.24) is 4.31 Å². The minimum atomic E-state index is -5.39. The van der Waals surface area contributed by atoms with Crippen molar-refractivity contribution in [1.29, 1.82) is 0 Å². The second-order valence-electron chi connectivity index (χ2n) is 1.73. The molecule has 0 N–H and O–H groups in total. The average Bonchev–Trinajstić information content (AvgIpc) is 1.56. The van der Waals surface area contributed by atoms with E-state index in [1.807, 2.05) is 3.77 Å². The van der Waals surface area contributed by atoms with Crippen LogP contribution in [0.2, 0.25) is 0 Å². The van der Waals surface area contributed by atoms with E-state index in [0.717, 1.165) is 14.1 Å². The maximum absolute atomic E-state index is 12.4. The molecule has 5 nitrogen and oxygen atoms in total. The Morgan fingerprint density at radius 1 is 1.18 bits per heavy atom. The molecule has 0 aromatic rings. The summed E-state index contributed by atoms with van der Waals surface area (Å²) >= 11 is 0. The number of rotatable bonds is 2. The van der Waals surface area contributed by atoms with E-state index in [4.69, 9.17) is 0 Å². The fourth-order valence-corrected chi connectivity index (χ4v) is 1.59. The number of hydrogen-bond donors (Lipinski definition) is 0. The van der Waals surface area contributed by atoms with Crippen molar-refractivity contribution in [2.45, 2.75) is 0 Å². The number of halogens is 2. The summed E-state index contributed by atoms with van der Waals surface area (Å²) in [4.78, 5) is 0. The minimum absolute atomic E-state index is 0.365. The zero-order valence-corrected chi connectivity index (χ0v) is 7.32. The highest BCUT2D eigenvalue weighted by Crippen LogP contribution is 2.06. The van der Waals surface area contributed by atoms with Gasteiger partial charge in [-0.15, -0.1) is 3.89 Å². The SMILES string of the molecule is CN(C)S(=O)(F)=NS(=O)(=O)F. The number of hydrogen-bond acceptors (Lipinski definition) is 3. The van der Waals surface area contributed by atoms with Crippen LogP contribution in [-0.4, -0.2) is 31.0 Å². The molecule has 0 spiro atoms. The number of nitrogens with zero attached hydrogens (tertiary/aromatic N) is 2. The molecule has 1 atom stereocenters. The molecular formula is C2H6F2N2O3S2. The zero-order valence-electron chi connectivity index (χ0n) is 5.69. The van der Waals surface area contributed by atoms with Crippen LogP contribution in [-0.2, 0) is 20.7 Å². The van der Waals surface area contributed by atoms with Gasteiger partial charge in [0.05, 0.1) is 0 Å². The summed E-state index contributed by atoms with van der Waals surface area (Å²) in [5.74, 6) is 0. The molecule has 0 saturated heterocycles. The first-order chi connectivity index (χ1) is 4.65. The molecule has 0 radical (unpaired) electrons. The predicted octanol–water partition coefficient (Wildman–Crippen LogP) is 0.0298. The Morgan fingerprint density at radius 3 is 1.64 bits per heavy atom. The lowest BCUT2D eigenvalue weighted by Gasteiger charge is -2.04. The van der Waals surface area contributed by atoms with E-state index in [9.17, 15) is 20.4 Å². The van der Waals surface area contributed by atoms with Gasteiger partial charge in [0.2, 0.25) is 0 Å². The second kappa shape index (κ2) is 2.99. The summed E-state index contributed by atoms with van der Waals surface area (Å²) in [6.45, 7) is 0. The molecule has 9 heteroatoms. The van der Waals surface area contributed by atoms with Crippen molar-refractivity contribution in [2.75, 3.05) is 14.1 Å². The summed E-state index contributed by atoms with van der Waals surface area (Å²) in [5.41, 5.74) is 0. The topological polar surface area (TPSA) is 66.8 Å². The standard InChI is InChI=1S/C2H6F2N2O3S2/c1-6(2)10(3,7)5-11(4,8)9/h1-2H3. The summed E-state index contributed by atoms with van der Waals surface area (Å²) in [6.07, 6.45) is 0. The predicted molar refractivity (Wildman–Crippen MR) is 35.4 cm³/mol. The highest BCUT2D eigenvalue weighted by atomic mass is 32.3. The van der Waals surface area contributed by atoms with Gasteiger partial charge in [-0.2, -0.15) is 16.9 Å². The quantitative estimate of drug-likeness (QED) is 0.601. The molecule has 0 aliphatic carbocycles. The monoisotopic (exact) mass is 208 g/mol. The minimum Gasteiger partial charge on any atom is -0.198 e. The molecule has 0 heterocycles.